The molecule has 84 valence electrons. The number of carbonyl (C=O) groups excluding carboxylic acids is 1. The number of amides is 1. The van der Waals surface area contributed by atoms with Crippen LogP contribution in [0.15, 0.2) is 15.9 Å². The molecule has 1 aromatic heterocycles. The van der Waals surface area contributed by atoms with Crippen LogP contribution in [0.3, 0.4) is 0 Å². The van der Waals surface area contributed by atoms with Crippen molar-refractivity contribution in [2.45, 2.75) is 13.8 Å². The van der Waals surface area contributed by atoms with Gasteiger partial charge >= 0.3 is 0 Å². The van der Waals surface area contributed by atoms with E-state index in [0.29, 0.717) is 0 Å². The number of rotatable bonds is 4. The van der Waals surface area contributed by atoms with Crippen molar-refractivity contribution >= 4 is 38.2 Å². The Hall–Kier alpha value is -0.390. The van der Waals surface area contributed by atoms with E-state index in [9.17, 15) is 4.79 Å². The molecule has 0 aliphatic heterocycles. The summed E-state index contributed by atoms with van der Waals surface area (Å²) >= 11 is 4.78. The third-order valence-electron chi connectivity index (χ3n) is 2.16. The topological polar surface area (TPSA) is 49.3 Å². The Morgan fingerprint density at radius 1 is 1.60 bits per heavy atom. The van der Waals surface area contributed by atoms with Crippen LogP contribution in [0.25, 0.3) is 0 Å². The van der Waals surface area contributed by atoms with Gasteiger partial charge in [-0.05, 0) is 34.0 Å². The second-order valence-corrected chi connectivity index (χ2v) is 6.09. The van der Waals surface area contributed by atoms with Crippen LogP contribution in [0.2, 0.25) is 0 Å². The lowest BCUT2D eigenvalue weighted by Crippen LogP contribution is -2.29. The van der Waals surface area contributed by atoms with Crippen molar-refractivity contribution in [3.63, 3.8) is 0 Å². The van der Waals surface area contributed by atoms with Crippen molar-refractivity contribution < 1.29 is 9.90 Å². The first-order valence-corrected chi connectivity index (χ1v) is 6.32. The minimum atomic E-state index is -0.342. The summed E-state index contributed by atoms with van der Waals surface area (Å²) in [5, 5.41) is 12.7. The van der Waals surface area contributed by atoms with Gasteiger partial charge in [0.25, 0.3) is 0 Å². The van der Waals surface area contributed by atoms with Gasteiger partial charge in [0.15, 0.2) is 0 Å². The molecule has 0 radical (unpaired) electrons. The molecule has 1 atom stereocenters. The molecule has 1 unspecified atom stereocenters. The van der Waals surface area contributed by atoms with Gasteiger partial charge in [-0.1, -0.05) is 13.8 Å². The van der Waals surface area contributed by atoms with E-state index in [2.05, 4.69) is 21.2 Å². The first-order chi connectivity index (χ1) is 7.04. The molecular formula is C10H14BrNO2S. The number of halogens is 1. The van der Waals surface area contributed by atoms with Crippen LogP contribution < -0.4 is 5.32 Å². The number of thiophene rings is 1. The summed E-state index contributed by atoms with van der Waals surface area (Å²) in [5.74, 6) is -0.328. The van der Waals surface area contributed by atoms with Crippen LogP contribution in [-0.4, -0.2) is 17.6 Å². The number of carbonyl (C=O) groups is 1. The second kappa shape index (κ2) is 5.63. The Kier molecular flexibility index (Phi) is 4.76. The lowest BCUT2D eigenvalue weighted by molar-refractivity contribution is -0.122. The van der Waals surface area contributed by atoms with Gasteiger partial charge in [0.2, 0.25) is 5.91 Å². The Morgan fingerprint density at radius 2 is 2.27 bits per heavy atom. The zero-order chi connectivity index (χ0) is 11.4. The van der Waals surface area contributed by atoms with Crippen molar-refractivity contribution in [1.29, 1.82) is 0 Å². The standard InChI is InChI=1S/C10H14BrNO2S/c1-6(2)7(5-13)10(14)12-9-4-3-8(11)15-9/h3-4,6-7,13H,5H2,1-2H3,(H,12,14). The van der Waals surface area contributed by atoms with Crippen LogP contribution in [0.5, 0.6) is 0 Å². The maximum atomic E-state index is 11.7. The fourth-order valence-electron chi connectivity index (χ4n) is 1.19. The monoisotopic (exact) mass is 291 g/mol. The highest BCUT2D eigenvalue weighted by Crippen LogP contribution is 2.27. The van der Waals surface area contributed by atoms with Crippen molar-refractivity contribution in [2.75, 3.05) is 11.9 Å². The van der Waals surface area contributed by atoms with Gasteiger partial charge in [-0.3, -0.25) is 4.79 Å². The van der Waals surface area contributed by atoms with Gasteiger partial charge in [-0.15, -0.1) is 11.3 Å². The van der Waals surface area contributed by atoms with Gasteiger partial charge in [0.1, 0.15) is 0 Å². The largest absolute Gasteiger partial charge is 0.396 e. The van der Waals surface area contributed by atoms with Gasteiger partial charge in [0, 0.05) is 0 Å². The molecule has 0 saturated carbocycles. The number of nitrogens with one attached hydrogen (secondary N) is 1. The number of hydrogen-bond acceptors (Lipinski definition) is 3. The molecule has 0 aromatic carbocycles. The third-order valence-corrected chi connectivity index (χ3v) is 3.70. The van der Waals surface area contributed by atoms with Gasteiger partial charge in [-0.2, -0.15) is 0 Å². The molecule has 0 bridgehead atoms. The fraction of sp³-hybridized carbons (Fsp3) is 0.500. The number of aliphatic hydroxyl groups excluding tert-OH is 1. The van der Waals surface area contributed by atoms with Crippen LogP contribution in [0.1, 0.15) is 13.8 Å². The molecule has 5 heteroatoms. The molecule has 0 aliphatic carbocycles. The van der Waals surface area contributed by atoms with E-state index >= 15 is 0 Å². The van der Waals surface area contributed by atoms with Crippen molar-refractivity contribution in [3.8, 4) is 0 Å². The molecule has 3 nitrogen and oxygen atoms in total. The summed E-state index contributed by atoms with van der Waals surface area (Å²) in [4.78, 5) is 11.7. The fourth-order valence-corrected chi connectivity index (χ4v) is 2.48. The number of aliphatic hydroxyl groups is 1. The van der Waals surface area contributed by atoms with Crippen molar-refractivity contribution in [3.05, 3.63) is 15.9 Å². The molecule has 0 fully saturated rings. The smallest absolute Gasteiger partial charge is 0.230 e. The molecule has 1 aromatic rings. The average molecular weight is 292 g/mol. The van der Waals surface area contributed by atoms with E-state index in [1.165, 1.54) is 11.3 Å². The molecule has 0 spiro atoms. The number of anilines is 1. The van der Waals surface area contributed by atoms with E-state index in [1.807, 2.05) is 26.0 Å². The van der Waals surface area contributed by atoms with Crippen LogP contribution in [-0.2, 0) is 4.79 Å². The first-order valence-electron chi connectivity index (χ1n) is 4.71. The minimum Gasteiger partial charge on any atom is -0.396 e. The maximum absolute atomic E-state index is 11.7. The highest BCUT2D eigenvalue weighted by molar-refractivity contribution is 9.11. The summed E-state index contributed by atoms with van der Waals surface area (Å²) in [7, 11) is 0. The minimum absolute atomic E-state index is 0.115. The van der Waals surface area contributed by atoms with Crippen LogP contribution >= 0.6 is 27.3 Å². The van der Waals surface area contributed by atoms with E-state index in [1.54, 1.807) is 0 Å². The zero-order valence-corrected chi connectivity index (χ0v) is 11.1. The van der Waals surface area contributed by atoms with Crippen LogP contribution in [0.4, 0.5) is 5.00 Å². The van der Waals surface area contributed by atoms with E-state index < -0.39 is 0 Å². The summed E-state index contributed by atoms with van der Waals surface area (Å²) in [5.41, 5.74) is 0. The van der Waals surface area contributed by atoms with Gasteiger partial charge in [-0.25, -0.2) is 0 Å². The summed E-state index contributed by atoms with van der Waals surface area (Å²) in [6, 6.07) is 3.71. The van der Waals surface area contributed by atoms with Crippen molar-refractivity contribution in [2.24, 2.45) is 11.8 Å². The quantitative estimate of drug-likeness (QED) is 0.896. The molecule has 0 aliphatic rings. The summed E-state index contributed by atoms with van der Waals surface area (Å²) < 4.78 is 0.975. The lowest BCUT2D eigenvalue weighted by Gasteiger charge is -2.16. The summed E-state index contributed by atoms with van der Waals surface area (Å²) in [6.07, 6.45) is 0. The first kappa shape index (κ1) is 12.7. The molecule has 15 heavy (non-hydrogen) atoms. The van der Waals surface area contributed by atoms with E-state index in [4.69, 9.17) is 5.11 Å². The number of hydrogen-bond donors (Lipinski definition) is 2. The highest BCUT2D eigenvalue weighted by Gasteiger charge is 2.21. The molecule has 0 saturated heterocycles. The average Bonchev–Trinajstić information content (AvgIpc) is 2.51. The second-order valence-electron chi connectivity index (χ2n) is 3.63. The normalized spacial score (nSPS) is 12.9. The van der Waals surface area contributed by atoms with Crippen LogP contribution in [0, 0.1) is 11.8 Å². The predicted molar refractivity (Wildman–Crippen MR) is 66.1 cm³/mol. The Balaban J connectivity index is 2.62. The van der Waals surface area contributed by atoms with E-state index in [0.717, 1.165) is 8.79 Å². The summed E-state index contributed by atoms with van der Waals surface area (Å²) in [6.45, 7) is 3.73. The van der Waals surface area contributed by atoms with Gasteiger partial charge in [0.05, 0.1) is 21.3 Å². The zero-order valence-electron chi connectivity index (χ0n) is 8.66. The SMILES string of the molecule is CC(C)C(CO)C(=O)Nc1ccc(Br)s1. The van der Waals surface area contributed by atoms with E-state index in [-0.39, 0.29) is 24.3 Å². The predicted octanol–water partition coefficient (Wildman–Crippen LogP) is 2.71. The molecule has 2 N–H and O–H groups in total. The highest BCUT2D eigenvalue weighted by atomic mass is 79.9. The molecular weight excluding hydrogens is 278 g/mol. The van der Waals surface area contributed by atoms with Gasteiger partial charge < -0.3 is 10.4 Å². The third kappa shape index (κ3) is 3.59. The Labute approximate surface area is 102 Å². The van der Waals surface area contributed by atoms with Crippen molar-refractivity contribution in [1.82, 2.24) is 0 Å². The maximum Gasteiger partial charge on any atom is 0.230 e. The Bertz CT molecular complexity index is 338. The molecule has 1 heterocycles. The lowest BCUT2D eigenvalue weighted by atomic mass is 9.96. The Morgan fingerprint density at radius 3 is 2.67 bits per heavy atom. The molecule has 1 amide bonds. The molecule has 1 rings (SSSR count).